The summed E-state index contributed by atoms with van der Waals surface area (Å²) in [5.41, 5.74) is 4.12. The first-order valence-corrected chi connectivity index (χ1v) is 7.23. The van der Waals surface area contributed by atoms with Crippen molar-refractivity contribution < 1.29 is 0 Å². The molecule has 0 saturated heterocycles. The van der Waals surface area contributed by atoms with Crippen LogP contribution in [0.1, 0.15) is 0 Å². The Bertz CT molecular complexity index is 825. The molecule has 3 rings (SSSR count). The molecule has 0 saturated carbocycles. The van der Waals surface area contributed by atoms with Gasteiger partial charge in [-0.25, -0.2) is 4.98 Å². The van der Waals surface area contributed by atoms with Crippen molar-refractivity contribution in [2.75, 3.05) is 38.0 Å². The second-order valence-corrected chi connectivity index (χ2v) is 6.02. The van der Waals surface area contributed by atoms with Crippen molar-refractivity contribution in [1.82, 2.24) is 4.98 Å². The number of benzene rings is 2. The third kappa shape index (κ3) is 2.38. The highest BCUT2D eigenvalue weighted by Crippen LogP contribution is 2.33. The van der Waals surface area contributed by atoms with Gasteiger partial charge in [0.15, 0.2) is 0 Å². The molecule has 0 aliphatic heterocycles. The average Bonchev–Trinajstić information content (AvgIpc) is 2.44. The summed E-state index contributed by atoms with van der Waals surface area (Å²) in [6, 6.07) is 12.4. The number of pyridine rings is 1. The standard InChI is InChI=1S/C17H18ClN3/c1-20(2)11-8-14(18)12-10-13-15(19-16(12)9-11)6-5-7-17(13)21(3)4/h5-10H,1-4H3. The van der Waals surface area contributed by atoms with E-state index in [9.17, 15) is 0 Å². The molecule has 4 heteroatoms. The zero-order valence-electron chi connectivity index (χ0n) is 12.7. The second kappa shape index (κ2) is 5.08. The Morgan fingerprint density at radius 2 is 1.62 bits per heavy atom. The Kier molecular flexibility index (Phi) is 3.38. The van der Waals surface area contributed by atoms with E-state index < -0.39 is 0 Å². The van der Waals surface area contributed by atoms with E-state index >= 15 is 0 Å². The molecule has 0 bridgehead atoms. The maximum Gasteiger partial charge on any atom is 0.0745 e. The molecule has 0 aliphatic rings. The maximum absolute atomic E-state index is 6.46. The van der Waals surface area contributed by atoms with Crippen LogP contribution in [-0.2, 0) is 0 Å². The Hall–Kier alpha value is -2.00. The largest absolute Gasteiger partial charge is 0.378 e. The van der Waals surface area contributed by atoms with Crippen molar-refractivity contribution in [3.8, 4) is 0 Å². The molecule has 2 aromatic carbocycles. The molecular weight excluding hydrogens is 282 g/mol. The highest BCUT2D eigenvalue weighted by atomic mass is 35.5. The highest BCUT2D eigenvalue weighted by Gasteiger charge is 2.10. The van der Waals surface area contributed by atoms with E-state index in [1.54, 1.807) is 0 Å². The molecule has 3 nitrogen and oxygen atoms in total. The number of fused-ring (bicyclic) bond motifs is 2. The van der Waals surface area contributed by atoms with Crippen molar-refractivity contribution >= 4 is 44.8 Å². The fraction of sp³-hybridized carbons (Fsp3) is 0.235. The van der Waals surface area contributed by atoms with E-state index in [1.165, 1.54) is 0 Å². The lowest BCUT2D eigenvalue weighted by Crippen LogP contribution is -2.09. The Balaban J connectivity index is 2.38. The molecule has 0 unspecified atom stereocenters. The molecule has 1 heterocycles. The van der Waals surface area contributed by atoms with Gasteiger partial charge in [0.05, 0.1) is 16.1 Å². The summed E-state index contributed by atoms with van der Waals surface area (Å²) in [5, 5.41) is 2.85. The number of hydrogen-bond donors (Lipinski definition) is 0. The van der Waals surface area contributed by atoms with Gasteiger partial charge in [-0.15, -0.1) is 0 Å². The summed E-state index contributed by atoms with van der Waals surface area (Å²) >= 11 is 6.46. The molecule has 1 aromatic heterocycles. The van der Waals surface area contributed by atoms with Gasteiger partial charge in [-0.3, -0.25) is 0 Å². The van der Waals surface area contributed by atoms with Crippen LogP contribution in [0.5, 0.6) is 0 Å². The number of anilines is 2. The Morgan fingerprint density at radius 1 is 0.857 bits per heavy atom. The average molecular weight is 300 g/mol. The summed E-state index contributed by atoms with van der Waals surface area (Å²) in [7, 11) is 8.08. The van der Waals surface area contributed by atoms with Gasteiger partial charge in [0.1, 0.15) is 0 Å². The van der Waals surface area contributed by atoms with Crippen molar-refractivity contribution in [1.29, 1.82) is 0 Å². The minimum atomic E-state index is 0.735. The molecule has 0 fully saturated rings. The van der Waals surface area contributed by atoms with Gasteiger partial charge in [0.2, 0.25) is 0 Å². The normalized spacial score (nSPS) is 11.1. The molecule has 3 aromatic rings. The van der Waals surface area contributed by atoms with Gasteiger partial charge in [-0.1, -0.05) is 17.7 Å². The van der Waals surface area contributed by atoms with Crippen molar-refractivity contribution in [2.24, 2.45) is 0 Å². The van der Waals surface area contributed by atoms with Crippen LogP contribution in [0.15, 0.2) is 36.4 Å². The minimum absolute atomic E-state index is 0.735. The van der Waals surface area contributed by atoms with E-state index in [-0.39, 0.29) is 0 Å². The molecule has 0 amide bonds. The van der Waals surface area contributed by atoms with Crippen LogP contribution in [0.4, 0.5) is 11.4 Å². The number of hydrogen-bond acceptors (Lipinski definition) is 3. The van der Waals surface area contributed by atoms with Crippen LogP contribution in [-0.4, -0.2) is 33.2 Å². The van der Waals surface area contributed by atoms with Gasteiger partial charge < -0.3 is 9.80 Å². The van der Waals surface area contributed by atoms with Crippen LogP contribution in [0, 0.1) is 0 Å². The van der Waals surface area contributed by atoms with E-state index in [0.717, 1.165) is 38.2 Å². The van der Waals surface area contributed by atoms with Crippen molar-refractivity contribution in [3.63, 3.8) is 0 Å². The number of halogens is 1. The minimum Gasteiger partial charge on any atom is -0.378 e. The van der Waals surface area contributed by atoms with E-state index in [2.05, 4.69) is 23.1 Å². The fourth-order valence-electron chi connectivity index (χ4n) is 2.53. The molecule has 0 spiro atoms. The number of rotatable bonds is 2. The van der Waals surface area contributed by atoms with Gasteiger partial charge in [0.25, 0.3) is 0 Å². The molecule has 0 N–H and O–H groups in total. The van der Waals surface area contributed by atoms with Crippen LogP contribution < -0.4 is 9.80 Å². The first-order valence-electron chi connectivity index (χ1n) is 6.85. The maximum atomic E-state index is 6.46. The van der Waals surface area contributed by atoms with Gasteiger partial charge >= 0.3 is 0 Å². The van der Waals surface area contributed by atoms with Crippen LogP contribution in [0.2, 0.25) is 5.02 Å². The summed E-state index contributed by atoms with van der Waals surface area (Å²) in [6.45, 7) is 0. The van der Waals surface area contributed by atoms with Crippen LogP contribution in [0.3, 0.4) is 0 Å². The predicted octanol–water partition coefficient (Wildman–Crippen LogP) is 4.17. The zero-order chi connectivity index (χ0) is 15.1. The highest BCUT2D eigenvalue weighted by molar-refractivity contribution is 6.36. The molecule has 21 heavy (non-hydrogen) atoms. The van der Waals surface area contributed by atoms with E-state index in [1.807, 2.05) is 51.3 Å². The number of nitrogens with zero attached hydrogens (tertiary/aromatic N) is 3. The fourth-order valence-corrected chi connectivity index (χ4v) is 2.80. The van der Waals surface area contributed by atoms with Gasteiger partial charge in [-0.05, 0) is 30.3 Å². The van der Waals surface area contributed by atoms with Crippen molar-refractivity contribution in [2.45, 2.75) is 0 Å². The van der Waals surface area contributed by atoms with E-state index in [4.69, 9.17) is 16.6 Å². The summed E-state index contributed by atoms with van der Waals surface area (Å²) in [4.78, 5) is 8.92. The molecule has 0 radical (unpaired) electrons. The smallest absolute Gasteiger partial charge is 0.0745 e. The van der Waals surface area contributed by atoms with Crippen LogP contribution >= 0.6 is 11.6 Å². The monoisotopic (exact) mass is 299 g/mol. The first-order chi connectivity index (χ1) is 9.97. The topological polar surface area (TPSA) is 19.4 Å². The lowest BCUT2D eigenvalue weighted by Gasteiger charge is -2.17. The molecular formula is C17H18ClN3. The third-order valence-corrected chi connectivity index (χ3v) is 3.99. The predicted molar refractivity (Wildman–Crippen MR) is 92.9 cm³/mol. The summed E-state index contributed by atoms with van der Waals surface area (Å²) in [6.07, 6.45) is 0. The van der Waals surface area contributed by atoms with E-state index in [0.29, 0.717) is 0 Å². The SMILES string of the molecule is CN(C)c1cc(Cl)c2cc3c(N(C)C)cccc3nc2c1. The van der Waals surface area contributed by atoms with Gasteiger partial charge in [-0.2, -0.15) is 0 Å². The quantitative estimate of drug-likeness (QED) is 0.662. The lowest BCUT2D eigenvalue weighted by atomic mass is 10.1. The number of aromatic nitrogens is 1. The van der Waals surface area contributed by atoms with Crippen LogP contribution in [0.25, 0.3) is 21.8 Å². The summed E-state index contributed by atoms with van der Waals surface area (Å²) in [5.74, 6) is 0. The van der Waals surface area contributed by atoms with Crippen molar-refractivity contribution in [3.05, 3.63) is 41.4 Å². The molecule has 0 atom stereocenters. The molecule has 0 aliphatic carbocycles. The second-order valence-electron chi connectivity index (χ2n) is 5.62. The Labute approximate surface area is 129 Å². The Morgan fingerprint density at radius 3 is 2.29 bits per heavy atom. The molecule has 108 valence electrons. The summed E-state index contributed by atoms with van der Waals surface area (Å²) < 4.78 is 0. The third-order valence-electron chi connectivity index (χ3n) is 3.68. The first kappa shape index (κ1) is 14.0. The van der Waals surface area contributed by atoms with Gasteiger partial charge in [0, 0.05) is 50.3 Å². The lowest BCUT2D eigenvalue weighted by molar-refractivity contribution is 1.13. The zero-order valence-corrected chi connectivity index (χ0v) is 13.4.